The second kappa shape index (κ2) is 6.08. The van der Waals surface area contributed by atoms with Crippen LogP contribution < -0.4 is 5.32 Å². The lowest BCUT2D eigenvalue weighted by atomic mass is 9.76. The number of nitrogens with one attached hydrogen (secondary N) is 1. The summed E-state index contributed by atoms with van der Waals surface area (Å²) in [6.07, 6.45) is 0.750. The summed E-state index contributed by atoms with van der Waals surface area (Å²) >= 11 is 0. The summed E-state index contributed by atoms with van der Waals surface area (Å²) in [7, 11) is 0. The van der Waals surface area contributed by atoms with Crippen LogP contribution in [0.1, 0.15) is 26.7 Å². The third-order valence-electron chi connectivity index (χ3n) is 4.05. The van der Waals surface area contributed by atoms with Gasteiger partial charge in [-0.1, -0.05) is 23.3 Å². The van der Waals surface area contributed by atoms with Crippen molar-refractivity contribution in [1.29, 1.82) is 0 Å². The summed E-state index contributed by atoms with van der Waals surface area (Å²) in [5, 5.41) is 11.8. The summed E-state index contributed by atoms with van der Waals surface area (Å²) < 4.78 is 13.6. The number of hydrogen-bond acceptors (Lipinski definition) is 2. The van der Waals surface area contributed by atoms with Gasteiger partial charge in [0, 0.05) is 0 Å². The van der Waals surface area contributed by atoms with Crippen LogP contribution in [-0.4, -0.2) is 17.0 Å². The lowest BCUT2D eigenvalue weighted by Crippen LogP contribution is -2.36. The molecule has 0 bridgehead atoms. The minimum Gasteiger partial charge on any atom is -0.481 e. The highest BCUT2D eigenvalue weighted by Gasteiger charge is 2.37. The molecule has 0 fully saturated rings. The molecule has 0 unspecified atom stereocenters. The van der Waals surface area contributed by atoms with Gasteiger partial charge in [0.05, 0.1) is 17.5 Å². The summed E-state index contributed by atoms with van der Waals surface area (Å²) in [5.74, 6) is -3.40. The molecule has 1 aromatic rings. The first-order valence-electron chi connectivity index (χ1n) is 6.83. The van der Waals surface area contributed by atoms with Gasteiger partial charge in [-0.2, -0.15) is 0 Å². The Kier molecular flexibility index (Phi) is 4.40. The fourth-order valence-electron chi connectivity index (χ4n) is 2.62. The SMILES string of the molecule is CC1=C(C)C[C@H](C(=O)Nc2ccccc2F)[C@@H](C(=O)O)C1. The zero-order valence-corrected chi connectivity index (χ0v) is 12.0. The molecule has 2 rings (SSSR count). The highest BCUT2D eigenvalue weighted by atomic mass is 19.1. The number of rotatable bonds is 3. The Morgan fingerprint density at radius 2 is 1.71 bits per heavy atom. The quantitative estimate of drug-likeness (QED) is 0.840. The molecule has 0 spiro atoms. The minimum absolute atomic E-state index is 0.0792. The predicted molar refractivity (Wildman–Crippen MR) is 77.3 cm³/mol. The van der Waals surface area contributed by atoms with E-state index in [1.165, 1.54) is 18.2 Å². The second-order valence-electron chi connectivity index (χ2n) is 5.49. The van der Waals surface area contributed by atoms with E-state index >= 15 is 0 Å². The van der Waals surface area contributed by atoms with Crippen molar-refractivity contribution in [3.63, 3.8) is 0 Å². The molecule has 1 aliphatic rings. The Morgan fingerprint density at radius 3 is 2.29 bits per heavy atom. The number of allylic oxidation sites excluding steroid dienone is 2. The fraction of sp³-hybridized carbons (Fsp3) is 0.375. The number of carbonyl (C=O) groups is 2. The Morgan fingerprint density at radius 1 is 1.14 bits per heavy atom. The first-order valence-corrected chi connectivity index (χ1v) is 6.83. The normalized spacial score (nSPS) is 22.0. The largest absolute Gasteiger partial charge is 0.481 e. The third-order valence-corrected chi connectivity index (χ3v) is 4.05. The second-order valence-corrected chi connectivity index (χ2v) is 5.49. The van der Waals surface area contributed by atoms with Crippen LogP contribution in [-0.2, 0) is 9.59 Å². The predicted octanol–water partition coefficient (Wildman–Crippen LogP) is 3.21. The maximum atomic E-state index is 13.6. The fourth-order valence-corrected chi connectivity index (χ4v) is 2.62. The van der Waals surface area contributed by atoms with Crippen LogP contribution in [0.25, 0.3) is 0 Å². The molecule has 0 aromatic heterocycles. The minimum atomic E-state index is -0.990. The highest BCUT2D eigenvalue weighted by Crippen LogP contribution is 2.35. The molecule has 0 radical (unpaired) electrons. The van der Waals surface area contributed by atoms with Crippen LogP contribution >= 0.6 is 0 Å². The Labute approximate surface area is 122 Å². The van der Waals surface area contributed by atoms with E-state index in [1.54, 1.807) is 6.07 Å². The van der Waals surface area contributed by atoms with Crippen molar-refractivity contribution >= 4 is 17.6 Å². The maximum Gasteiger partial charge on any atom is 0.307 e. The highest BCUT2D eigenvalue weighted by molar-refractivity contribution is 5.95. The lowest BCUT2D eigenvalue weighted by molar-refractivity contribution is -0.146. The molecule has 21 heavy (non-hydrogen) atoms. The van der Waals surface area contributed by atoms with Gasteiger partial charge in [0.1, 0.15) is 5.82 Å². The molecule has 112 valence electrons. The average molecular weight is 291 g/mol. The molecule has 0 saturated carbocycles. The topological polar surface area (TPSA) is 66.4 Å². The van der Waals surface area contributed by atoms with Crippen LogP contribution in [0.15, 0.2) is 35.4 Å². The molecule has 1 amide bonds. The van der Waals surface area contributed by atoms with Crippen molar-refractivity contribution in [2.24, 2.45) is 11.8 Å². The Bertz CT molecular complexity index is 609. The van der Waals surface area contributed by atoms with Crippen LogP contribution in [0, 0.1) is 17.7 Å². The van der Waals surface area contributed by atoms with Gasteiger partial charge in [-0.25, -0.2) is 4.39 Å². The van der Waals surface area contributed by atoms with Gasteiger partial charge >= 0.3 is 5.97 Å². The van der Waals surface area contributed by atoms with Gasteiger partial charge in [-0.3, -0.25) is 9.59 Å². The van der Waals surface area contributed by atoms with Crippen LogP contribution in [0.5, 0.6) is 0 Å². The molecule has 5 heteroatoms. The molecule has 1 aromatic carbocycles. The number of halogens is 1. The van der Waals surface area contributed by atoms with Gasteiger partial charge in [0.25, 0.3) is 0 Å². The van der Waals surface area contributed by atoms with Crippen molar-refractivity contribution in [3.05, 3.63) is 41.2 Å². The number of carbonyl (C=O) groups excluding carboxylic acids is 1. The van der Waals surface area contributed by atoms with E-state index in [1.807, 2.05) is 13.8 Å². The average Bonchev–Trinajstić information content (AvgIpc) is 2.43. The van der Waals surface area contributed by atoms with Crippen molar-refractivity contribution in [3.8, 4) is 0 Å². The molecule has 0 aliphatic heterocycles. The lowest BCUT2D eigenvalue weighted by Gasteiger charge is -2.29. The number of carboxylic acids is 1. The van der Waals surface area contributed by atoms with E-state index in [4.69, 9.17) is 0 Å². The number of amides is 1. The molecular weight excluding hydrogens is 273 g/mol. The van der Waals surface area contributed by atoms with Gasteiger partial charge in [-0.15, -0.1) is 0 Å². The third kappa shape index (κ3) is 3.29. The number of hydrogen-bond donors (Lipinski definition) is 2. The summed E-state index contributed by atoms with van der Waals surface area (Å²) in [5.41, 5.74) is 2.12. The zero-order valence-electron chi connectivity index (χ0n) is 12.0. The van der Waals surface area contributed by atoms with E-state index < -0.39 is 29.5 Å². The first-order chi connectivity index (χ1) is 9.90. The van der Waals surface area contributed by atoms with E-state index in [0.29, 0.717) is 12.8 Å². The molecule has 2 N–H and O–H groups in total. The summed E-state index contributed by atoms with van der Waals surface area (Å²) in [6.45, 7) is 3.78. The smallest absolute Gasteiger partial charge is 0.307 e. The van der Waals surface area contributed by atoms with Crippen molar-refractivity contribution < 1.29 is 19.1 Å². The summed E-state index contributed by atoms with van der Waals surface area (Å²) in [6, 6.07) is 5.85. The van der Waals surface area contributed by atoms with E-state index in [2.05, 4.69) is 5.32 Å². The number of aliphatic carboxylic acids is 1. The monoisotopic (exact) mass is 291 g/mol. The van der Waals surface area contributed by atoms with E-state index in [-0.39, 0.29) is 5.69 Å². The first kappa shape index (κ1) is 15.2. The molecular formula is C16H18FNO3. The Hall–Kier alpha value is -2.17. The van der Waals surface area contributed by atoms with Crippen LogP contribution in [0.2, 0.25) is 0 Å². The molecule has 1 aliphatic carbocycles. The zero-order chi connectivity index (χ0) is 15.6. The van der Waals surface area contributed by atoms with Gasteiger partial charge in [0.15, 0.2) is 0 Å². The molecule has 0 saturated heterocycles. The van der Waals surface area contributed by atoms with Gasteiger partial charge in [-0.05, 0) is 38.8 Å². The number of para-hydroxylation sites is 1. The van der Waals surface area contributed by atoms with Crippen molar-refractivity contribution in [1.82, 2.24) is 0 Å². The van der Waals surface area contributed by atoms with E-state index in [9.17, 15) is 19.1 Å². The standard InChI is InChI=1S/C16H18FNO3/c1-9-7-11(12(16(20)21)8-10(9)2)15(19)18-14-6-4-3-5-13(14)17/h3-6,11-12H,7-8H2,1-2H3,(H,18,19)(H,20,21)/t11-,12-/m0/s1. The number of carboxylic acid groups (broad SMARTS) is 1. The van der Waals surface area contributed by atoms with Gasteiger partial charge < -0.3 is 10.4 Å². The summed E-state index contributed by atoms with van der Waals surface area (Å²) in [4.78, 5) is 23.7. The maximum absolute atomic E-state index is 13.6. The molecule has 0 heterocycles. The number of anilines is 1. The van der Waals surface area contributed by atoms with Crippen LogP contribution in [0.4, 0.5) is 10.1 Å². The van der Waals surface area contributed by atoms with Crippen molar-refractivity contribution in [2.75, 3.05) is 5.32 Å². The van der Waals surface area contributed by atoms with Gasteiger partial charge in [0.2, 0.25) is 5.91 Å². The molecule has 4 nitrogen and oxygen atoms in total. The van der Waals surface area contributed by atoms with Crippen LogP contribution in [0.3, 0.4) is 0 Å². The van der Waals surface area contributed by atoms with E-state index in [0.717, 1.165) is 11.1 Å². The number of benzene rings is 1. The van der Waals surface area contributed by atoms with Crippen molar-refractivity contribution in [2.45, 2.75) is 26.7 Å². The molecule has 2 atom stereocenters. The Balaban J connectivity index is 2.21.